The third-order valence-corrected chi connectivity index (χ3v) is 6.74. The van der Waals surface area contributed by atoms with E-state index < -0.39 is 10.0 Å². The number of ether oxygens (including phenoxy) is 2. The van der Waals surface area contributed by atoms with Crippen LogP contribution in [0.25, 0.3) is 11.0 Å². The zero-order chi connectivity index (χ0) is 23.4. The summed E-state index contributed by atoms with van der Waals surface area (Å²) in [7, 11) is -3.94. The minimum Gasteiger partial charge on any atom is -0.486 e. The minimum atomic E-state index is -3.94. The number of nitrogens with one attached hydrogen (secondary N) is 2. The summed E-state index contributed by atoms with van der Waals surface area (Å²) in [5.74, 6) is 1.45. The van der Waals surface area contributed by atoms with E-state index in [2.05, 4.69) is 32.1 Å². The molecule has 174 valence electrons. The molecule has 2 heterocycles. The Morgan fingerprint density at radius 3 is 2.24 bits per heavy atom. The average molecular weight is 477 g/mol. The fraction of sp³-hybridized carbons (Fsp3) is 0.200. The van der Waals surface area contributed by atoms with Crippen LogP contribution in [-0.2, 0) is 16.4 Å². The smallest absolute Gasteiger partial charge is 0.263 e. The second-order valence-corrected chi connectivity index (χ2v) is 9.52. The molecule has 1 aliphatic heterocycles. The quantitative estimate of drug-likeness (QED) is 0.367. The van der Waals surface area contributed by atoms with Gasteiger partial charge in [0.15, 0.2) is 23.1 Å². The van der Waals surface area contributed by atoms with E-state index in [1.165, 1.54) is 17.7 Å². The number of anilines is 2. The van der Waals surface area contributed by atoms with E-state index in [0.29, 0.717) is 48.1 Å². The van der Waals surface area contributed by atoms with Gasteiger partial charge in [0.25, 0.3) is 10.0 Å². The third kappa shape index (κ3) is 4.89. The minimum absolute atomic E-state index is 0.0572. The van der Waals surface area contributed by atoms with Crippen LogP contribution in [0.3, 0.4) is 0 Å². The van der Waals surface area contributed by atoms with E-state index in [4.69, 9.17) is 9.47 Å². The molecule has 0 bridgehead atoms. The predicted molar refractivity (Wildman–Crippen MR) is 131 cm³/mol. The molecule has 34 heavy (non-hydrogen) atoms. The zero-order valence-corrected chi connectivity index (χ0v) is 19.2. The van der Waals surface area contributed by atoms with Crippen molar-refractivity contribution in [2.75, 3.05) is 29.8 Å². The molecular formula is C25H24N4O4S. The first-order chi connectivity index (χ1) is 16.6. The monoisotopic (exact) mass is 476 g/mol. The van der Waals surface area contributed by atoms with Crippen molar-refractivity contribution in [3.05, 3.63) is 78.4 Å². The van der Waals surface area contributed by atoms with Crippen LogP contribution in [-0.4, -0.2) is 38.1 Å². The second kappa shape index (κ2) is 9.56. The number of rotatable bonds is 8. The van der Waals surface area contributed by atoms with Crippen molar-refractivity contribution in [3.63, 3.8) is 0 Å². The lowest BCUT2D eigenvalue weighted by molar-refractivity contribution is 0.171. The zero-order valence-electron chi connectivity index (χ0n) is 18.4. The lowest BCUT2D eigenvalue weighted by atomic mass is 10.1. The van der Waals surface area contributed by atoms with Crippen LogP contribution in [0.15, 0.2) is 77.7 Å². The number of para-hydroxylation sites is 2. The summed E-state index contributed by atoms with van der Waals surface area (Å²) in [6.07, 6.45) is 1.75. The number of benzene rings is 3. The molecule has 4 aromatic rings. The Hall–Kier alpha value is -3.85. The van der Waals surface area contributed by atoms with Gasteiger partial charge in [-0.3, -0.25) is 4.72 Å². The Kier molecular flexibility index (Phi) is 6.18. The number of sulfonamides is 1. The highest BCUT2D eigenvalue weighted by molar-refractivity contribution is 7.92. The Labute approximate surface area is 198 Å². The van der Waals surface area contributed by atoms with Crippen molar-refractivity contribution in [2.24, 2.45) is 0 Å². The highest BCUT2D eigenvalue weighted by atomic mass is 32.2. The van der Waals surface area contributed by atoms with Crippen LogP contribution in [0, 0.1) is 0 Å². The summed E-state index contributed by atoms with van der Waals surface area (Å²) < 4.78 is 40.0. The van der Waals surface area contributed by atoms with Crippen molar-refractivity contribution in [1.29, 1.82) is 0 Å². The van der Waals surface area contributed by atoms with Crippen LogP contribution >= 0.6 is 0 Å². The van der Waals surface area contributed by atoms with Gasteiger partial charge in [-0.25, -0.2) is 18.4 Å². The number of nitrogens with zero attached hydrogens (tertiary/aromatic N) is 2. The van der Waals surface area contributed by atoms with Gasteiger partial charge in [-0.1, -0.05) is 42.5 Å². The lowest BCUT2D eigenvalue weighted by Gasteiger charge is -2.19. The average Bonchev–Trinajstić information content (AvgIpc) is 2.87. The molecule has 0 fully saturated rings. The van der Waals surface area contributed by atoms with Crippen LogP contribution in [0.5, 0.6) is 11.5 Å². The fourth-order valence-corrected chi connectivity index (χ4v) is 4.74. The predicted octanol–water partition coefficient (Wildman–Crippen LogP) is 4.25. The molecule has 0 aliphatic carbocycles. The summed E-state index contributed by atoms with van der Waals surface area (Å²) in [5.41, 5.74) is 2.51. The third-order valence-electron chi connectivity index (χ3n) is 5.40. The van der Waals surface area contributed by atoms with Gasteiger partial charge in [-0.2, -0.15) is 0 Å². The summed E-state index contributed by atoms with van der Waals surface area (Å²) in [6.45, 7) is 1.42. The molecule has 0 saturated heterocycles. The van der Waals surface area contributed by atoms with Crippen molar-refractivity contribution < 1.29 is 17.9 Å². The number of aryl methyl sites for hydroxylation is 1. The largest absolute Gasteiger partial charge is 0.486 e. The van der Waals surface area contributed by atoms with Gasteiger partial charge >= 0.3 is 0 Å². The molecule has 9 heteroatoms. The fourth-order valence-electron chi connectivity index (χ4n) is 3.72. The SMILES string of the molecule is O=S(=O)(Nc1nc2ccccc2nc1NCCCc1ccccc1)c1ccc2c(c1)OCCO2. The molecule has 2 N–H and O–H groups in total. The number of fused-ring (bicyclic) bond motifs is 2. The van der Waals surface area contributed by atoms with Crippen molar-refractivity contribution >= 4 is 32.7 Å². The van der Waals surface area contributed by atoms with E-state index in [1.807, 2.05) is 36.4 Å². The van der Waals surface area contributed by atoms with E-state index in [1.54, 1.807) is 12.1 Å². The van der Waals surface area contributed by atoms with E-state index in [9.17, 15) is 8.42 Å². The van der Waals surface area contributed by atoms with Gasteiger partial charge in [0, 0.05) is 12.6 Å². The number of hydrogen-bond acceptors (Lipinski definition) is 7. The highest BCUT2D eigenvalue weighted by Crippen LogP contribution is 2.33. The summed E-state index contributed by atoms with van der Waals surface area (Å²) in [6, 6.07) is 22.1. The molecular weight excluding hydrogens is 452 g/mol. The molecule has 0 unspecified atom stereocenters. The summed E-state index contributed by atoms with van der Waals surface area (Å²) in [5, 5.41) is 3.25. The normalized spacial score (nSPS) is 12.9. The topological polar surface area (TPSA) is 102 Å². The van der Waals surface area contributed by atoms with Gasteiger partial charge < -0.3 is 14.8 Å². The Morgan fingerprint density at radius 1 is 0.794 bits per heavy atom. The van der Waals surface area contributed by atoms with Crippen LogP contribution in [0.1, 0.15) is 12.0 Å². The number of aromatic nitrogens is 2. The van der Waals surface area contributed by atoms with Gasteiger partial charge in [0.1, 0.15) is 13.2 Å². The Balaban J connectivity index is 1.38. The van der Waals surface area contributed by atoms with Gasteiger partial charge in [0.05, 0.1) is 15.9 Å². The van der Waals surface area contributed by atoms with Gasteiger partial charge in [-0.15, -0.1) is 0 Å². The molecule has 0 atom stereocenters. The molecule has 0 spiro atoms. The Morgan fingerprint density at radius 2 is 1.47 bits per heavy atom. The molecule has 0 amide bonds. The first-order valence-electron chi connectivity index (χ1n) is 11.1. The van der Waals surface area contributed by atoms with E-state index in [-0.39, 0.29) is 10.7 Å². The molecule has 0 saturated carbocycles. The molecule has 5 rings (SSSR count). The van der Waals surface area contributed by atoms with Crippen LogP contribution in [0.4, 0.5) is 11.6 Å². The van der Waals surface area contributed by atoms with Crippen molar-refractivity contribution in [1.82, 2.24) is 9.97 Å². The van der Waals surface area contributed by atoms with Gasteiger partial charge in [-0.05, 0) is 42.7 Å². The second-order valence-electron chi connectivity index (χ2n) is 7.84. The Bertz CT molecular complexity index is 1410. The molecule has 3 aromatic carbocycles. The highest BCUT2D eigenvalue weighted by Gasteiger charge is 2.22. The maximum atomic E-state index is 13.2. The molecule has 8 nitrogen and oxygen atoms in total. The van der Waals surface area contributed by atoms with E-state index >= 15 is 0 Å². The lowest BCUT2D eigenvalue weighted by Crippen LogP contribution is -2.19. The maximum Gasteiger partial charge on any atom is 0.263 e. The maximum absolute atomic E-state index is 13.2. The first-order valence-corrected chi connectivity index (χ1v) is 12.5. The standard InChI is InChI=1S/C25H24N4O4S/c30-34(31,19-12-13-22-23(17-19)33-16-15-32-22)29-25-24(27-20-10-4-5-11-21(20)28-25)26-14-6-9-18-7-2-1-3-8-18/h1-5,7-8,10-13,17H,6,9,14-16H2,(H,26,27)(H,28,29). The number of hydrogen-bond donors (Lipinski definition) is 2. The van der Waals surface area contributed by atoms with Crippen molar-refractivity contribution in [3.8, 4) is 11.5 Å². The summed E-state index contributed by atoms with van der Waals surface area (Å²) >= 11 is 0. The molecule has 1 aliphatic rings. The van der Waals surface area contributed by atoms with Crippen LogP contribution < -0.4 is 19.5 Å². The first kappa shape index (κ1) is 22.0. The molecule has 1 aromatic heterocycles. The van der Waals surface area contributed by atoms with Crippen LogP contribution in [0.2, 0.25) is 0 Å². The van der Waals surface area contributed by atoms with Crippen molar-refractivity contribution in [2.45, 2.75) is 17.7 Å². The van der Waals surface area contributed by atoms with E-state index in [0.717, 1.165) is 12.8 Å². The summed E-state index contributed by atoms with van der Waals surface area (Å²) in [4.78, 5) is 9.22. The van der Waals surface area contributed by atoms with Gasteiger partial charge in [0.2, 0.25) is 0 Å². The molecule has 0 radical (unpaired) electrons.